The number of ether oxygens (including phenoxy) is 3. The summed E-state index contributed by atoms with van der Waals surface area (Å²) in [6, 6.07) is 12.8. The molecule has 1 fully saturated rings. The van der Waals surface area contributed by atoms with E-state index in [4.69, 9.17) is 14.2 Å². The first kappa shape index (κ1) is 18.2. The van der Waals surface area contributed by atoms with Crippen LogP contribution >= 0.6 is 0 Å². The fourth-order valence-electron chi connectivity index (χ4n) is 3.49. The van der Waals surface area contributed by atoms with Gasteiger partial charge in [-0.25, -0.2) is 4.79 Å². The van der Waals surface area contributed by atoms with Gasteiger partial charge in [0.1, 0.15) is 17.9 Å². The lowest BCUT2D eigenvalue weighted by Gasteiger charge is -2.22. The van der Waals surface area contributed by atoms with Crippen molar-refractivity contribution >= 4 is 11.9 Å². The minimum atomic E-state index is -1.01. The minimum Gasteiger partial charge on any atom is -0.492 e. The third kappa shape index (κ3) is 3.47. The Bertz CT molecular complexity index is 929. The zero-order valence-electron chi connectivity index (χ0n) is 15.9. The van der Waals surface area contributed by atoms with Gasteiger partial charge in [-0.15, -0.1) is 0 Å². The van der Waals surface area contributed by atoms with E-state index in [1.165, 1.54) is 4.90 Å². The lowest BCUT2D eigenvalue weighted by molar-refractivity contribution is -0.131. The number of benzene rings is 2. The van der Waals surface area contributed by atoms with Crippen LogP contribution < -0.4 is 19.5 Å². The number of carbonyl (C=O) groups is 2. The number of imide groups is 1. The molecule has 0 radical (unpaired) electrons. The summed E-state index contributed by atoms with van der Waals surface area (Å²) in [7, 11) is 0. The van der Waals surface area contributed by atoms with Crippen molar-refractivity contribution in [3.05, 3.63) is 53.6 Å². The largest absolute Gasteiger partial charge is 0.492 e. The predicted octanol–water partition coefficient (Wildman–Crippen LogP) is 2.66. The van der Waals surface area contributed by atoms with E-state index in [0.717, 1.165) is 16.9 Å². The van der Waals surface area contributed by atoms with Gasteiger partial charge >= 0.3 is 6.03 Å². The molecule has 28 heavy (non-hydrogen) atoms. The van der Waals surface area contributed by atoms with Crippen LogP contribution in [0.3, 0.4) is 0 Å². The minimum absolute atomic E-state index is 0.190. The fourth-order valence-corrected chi connectivity index (χ4v) is 3.49. The molecule has 146 valence electrons. The van der Waals surface area contributed by atoms with E-state index in [1.54, 1.807) is 6.92 Å². The third-order valence-electron chi connectivity index (χ3n) is 4.91. The van der Waals surface area contributed by atoms with Crippen LogP contribution in [0.2, 0.25) is 0 Å². The SMILES string of the molecule is Cc1cccc(OCCN2C(=O)N[C@@](C)(Cc3ccc4c(c3)OCO4)C2=O)c1. The molecule has 2 aliphatic rings. The number of nitrogens with one attached hydrogen (secondary N) is 1. The van der Waals surface area contributed by atoms with Crippen LogP contribution in [0.5, 0.6) is 17.2 Å². The van der Waals surface area contributed by atoms with E-state index in [-0.39, 0.29) is 25.9 Å². The molecular formula is C21H22N2O5. The topological polar surface area (TPSA) is 77.1 Å². The van der Waals surface area contributed by atoms with Crippen LogP contribution in [-0.4, -0.2) is 42.3 Å². The van der Waals surface area contributed by atoms with E-state index in [1.807, 2.05) is 49.4 Å². The molecule has 7 heteroatoms. The second kappa shape index (κ2) is 7.07. The molecule has 0 spiro atoms. The Morgan fingerprint density at radius 1 is 1.14 bits per heavy atom. The van der Waals surface area contributed by atoms with Crippen molar-refractivity contribution in [3.63, 3.8) is 0 Å². The number of amides is 3. The highest BCUT2D eigenvalue weighted by molar-refractivity contribution is 6.07. The van der Waals surface area contributed by atoms with E-state index in [9.17, 15) is 9.59 Å². The van der Waals surface area contributed by atoms with Crippen molar-refractivity contribution in [2.75, 3.05) is 19.9 Å². The van der Waals surface area contributed by atoms with Gasteiger partial charge in [0.15, 0.2) is 11.5 Å². The second-order valence-corrected chi connectivity index (χ2v) is 7.25. The van der Waals surface area contributed by atoms with Crippen molar-refractivity contribution in [2.45, 2.75) is 25.8 Å². The van der Waals surface area contributed by atoms with Gasteiger partial charge < -0.3 is 19.5 Å². The monoisotopic (exact) mass is 382 g/mol. The third-order valence-corrected chi connectivity index (χ3v) is 4.91. The molecule has 2 aromatic rings. The molecule has 1 N–H and O–H groups in total. The molecular weight excluding hydrogens is 360 g/mol. The van der Waals surface area contributed by atoms with Crippen LogP contribution in [-0.2, 0) is 11.2 Å². The quantitative estimate of drug-likeness (QED) is 0.778. The lowest BCUT2D eigenvalue weighted by Crippen LogP contribution is -2.46. The van der Waals surface area contributed by atoms with Gasteiger partial charge in [0.25, 0.3) is 5.91 Å². The number of hydrogen-bond acceptors (Lipinski definition) is 5. The molecule has 0 unspecified atom stereocenters. The smallest absolute Gasteiger partial charge is 0.325 e. The first-order chi connectivity index (χ1) is 13.4. The van der Waals surface area contributed by atoms with Gasteiger partial charge in [-0.2, -0.15) is 0 Å². The fraction of sp³-hybridized carbons (Fsp3) is 0.333. The number of carbonyl (C=O) groups excluding carboxylic acids is 2. The normalized spacial score (nSPS) is 20.4. The average Bonchev–Trinajstić information content (AvgIpc) is 3.19. The van der Waals surface area contributed by atoms with Crippen LogP contribution in [0.1, 0.15) is 18.1 Å². The zero-order valence-corrected chi connectivity index (χ0v) is 15.9. The van der Waals surface area contributed by atoms with Crippen molar-refractivity contribution < 1.29 is 23.8 Å². The summed E-state index contributed by atoms with van der Waals surface area (Å²) in [4.78, 5) is 26.5. The Morgan fingerprint density at radius 3 is 2.79 bits per heavy atom. The predicted molar refractivity (Wildman–Crippen MR) is 102 cm³/mol. The Labute approximate surface area is 163 Å². The molecule has 0 aliphatic carbocycles. The Morgan fingerprint density at radius 2 is 1.96 bits per heavy atom. The Balaban J connectivity index is 1.39. The molecule has 2 aromatic carbocycles. The summed E-state index contributed by atoms with van der Waals surface area (Å²) in [5.41, 5.74) is 0.968. The molecule has 2 aliphatic heterocycles. The maximum absolute atomic E-state index is 12.9. The summed E-state index contributed by atoms with van der Waals surface area (Å²) in [6.07, 6.45) is 0.365. The molecule has 7 nitrogen and oxygen atoms in total. The molecule has 0 bridgehead atoms. The maximum Gasteiger partial charge on any atom is 0.325 e. The van der Waals surface area contributed by atoms with E-state index >= 15 is 0 Å². The van der Waals surface area contributed by atoms with E-state index in [2.05, 4.69) is 5.32 Å². The van der Waals surface area contributed by atoms with Crippen molar-refractivity contribution in [2.24, 2.45) is 0 Å². The summed E-state index contributed by atoms with van der Waals surface area (Å²) >= 11 is 0. The highest BCUT2D eigenvalue weighted by Crippen LogP contribution is 2.34. The maximum atomic E-state index is 12.9. The Hall–Kier alpha value is -3.22. The molecule has 1 saturated heterocycles. The number of hydrogen-bond donors (Lipinski definition) is 1. The van der Waals surface area contributed by atoms with Gasteiger partial charge in [0.05, 0.1) is 6.54 Å². The standard InChI is InChI=1S/C21H22N2O5/c1-14-4-3-5-16(10-14)26-9-8-23-19(24)21(2,22-20(23)25)12-15-6-7-17-18(11-15)28-13-27-17/h3-7,10-11H,8-9,12-13H2,1-2H3,(H,22,25)/t21-/m0/s1. The number of aryl methyl sites for hydroxylation is 1. The highest BCUT2D eigenvalue weighted by Gasteiger charge is 2.47. The van der Waals surface area contributed by atoms with Crippen molar-refractivity contribution in [1.29, 1.82) is 0 Å². The van der Waals surface area contributed by atoms with Crippen LogP contribution in [0.25, 0.3) is 0 Å². The number of fused-ring (bicyclic) bond motifs is 1. The molecule has 4 rings (SSSR count). The molecule has 2 heterocycles. The first-order valence-corrected chi connectivity index (χ1v) is 9.17. The summed E-state index contributed by atoms with van der Waals surface area (Å²) < 4.78 is 16.4. The first-order valence-electron chi connectivity index (χ1n) is 9.17. The van der Waals surface area contributed by atoms with Crippen LogP contribution in [0.4, 0.5) is 4.79 Å². The number of urea groups is 1. The molecule has 1 atom stereocenters. The lowest BCUT2D eigenvalue weighted by atomic mass is 9.92. The molecule has 0 aromatic heterocycles. The van der Waals surface area contributed by atoms with Crippen LogP contribution in [0, 0.1) is 6.92 Å². The summed E-state index contributed by atoms with van der Waals surface area (Å²) in [5.74, 6) is 1.80. The van der Waals surface area contributed by atoms with Crippen LogP contribution in [0.15, 0.2) is 42.5 Å². The molecule has 3 amide bonds. The van der Waals surface area contributed by atoms with Gasteiger partial charge in [0.2, 0.25) is 6.79 Å². The zero-order chi connectivity index (χ0) is 19.7. The summed E-state index contributed by atoms with van der Waals surface area (Å²) in [5, 5.41) is 2.81. The van der Waals surface area contributed by atoms with Gasteiger partial charge in [-0.3, -0.25) is 9.69 Å². The Kier molecular flexibility index (Phi) is 4.58. The molecule has 0 saturated carbocycles. The van der Waals surface area contributed by atoms with Crippen molar-refractivity contribution in [3.8, 4) is 17.2 Å². The highest BCUT2D eigenvalue weighted by atomic mass is 16.7. The van der Waals surface area contributed by atoms with Gasteiger partial charge in [-0.05, 0) is 49.2 Å². The van der Waals surface area contributed by atoms with Crippen molar-refractivity contribution in [1.82, 2.24) is 10.2 Å². The van der Waals surface area contributed by atoms with E-state index in [0.29, 0.717) is 17.9 Å². The number of nitrogens with zero attached hydrogens (tertiary/aromatic N) is 1. The average molecular weight is 382 g/mol. The van der Waals surface area contributed by atoms with Gasteiger partial charge in [0, 0.05) is 6.42 Å². The van der Waals surface area contributed by atoms with E-state index < -0.39 is 11.6 Å². The summed E-state index contributed by atoms with van der Waals surface area (Å²) in [6.45, 7) is 4.34. The second-order valence-electron chi connectivity index (χ2n) is 7.25. The number of rotatable bonds is 6. The van der Waals surface area contributed by atoms with Gasteiger partial charge in [-0.1, -0.05) is 18.2 Å².